The monoisotopic (exact) mass is 362 g/mol. The van der Waals surface area contributed by atoms with E-state index in [0.717, 1.165) is 33.4 Å². The fraction of sp³-hybridized carbons (Fsp3) is 0.100. The average molecular weight is 363 g/mol. The number of hydrogen-bond donors (Lipinski definition) is 0. The van der Waals surface area contributed by atoms with Gasteiger partial charge in [0.1, 0.15) is 11.6 Å². The van der Waals surface area contributed by atoms with Crippen LogP contribution in [0.4, 0.5) is 8.78 Å². The van der Waals surface area contributed by atoms with Crippen molar-refractivity contribution in [3.8, 4) is 22.3 Å². The molecule has 0 bridgehead atoms. The van der Waals surface area contributed by atoms with Crippen molar-refractivity contribution in [1.29, 1.82) is 0 Å². The van der Waals surface area contributed by atoms with E-state index in [-0.39, 0.29) is 11.6 Å². The van der Waals surface area contributed by atoms with Crippen LogP contribution >= 0.6 is 23.2 Å². The molecule has 0 nitrogen and oxygen atoms in total. The molecule has 0 saturated carbocycles. The summed E-state index contributed by atoms with van der Waals surface area (Å²) in [6.07, 6.45) is 0. The summed E-state index contributed by atoms with van der Waals surface area (Å²) in [6, 6.07) is 16.4. The first-order chi connectivity index (χ1) is 11.6. The van der Waals surface area contributed by atoms with Crippen LogP contribution < -0.4 is 0 Å². The second kappa shape index (κ2) is 7.33. The zero-order valence-electron chi connectivity index (χ0n) is 12.7. The first kappa shape index (κ1) is 16.9. The maximum Gasteiger partial charge on any atom is 0.123 e. The lowest BCUT2D eigenvalue weighted by molar-refractivity contribution is 0.627. The van der Waals surface area contributed by atoms with E-state index in [1.165, 1.54) is 24.3 Å². The molecule has 0 spiro atoms. The highest BCUT2D eigenvalue weighted by Gasteiger charge is 2.16. The zero-order chi connectivity index (χ0) is 17.1. The summed E-state index contributed by atoms with van der Waals surface area (Å²) in [7, 11) is 0. The van der Waals surface area contributed by atoms with E-state index >= 15 is 0 Å². The van der Waals surface area contributed by atoms with Crippen LogP contribution in [0.15, 0.2) is 60.7 Å². The number of benzene rings is 3. The molecule has 0 saturated heterocycles. The van der Waals surface area contributed by atoms with Crippen molar-refractivity contribution >= 4 is 23.2 Å². The van der Waals surface area contributed by atoms with E-state index < -0.39 is 0 Å². The first-order valence-electron chi connectivity index (χ1n) is 7.42. The van der Waals surface area contributed by atoms with Crippen molar-refractivity contribution in [2.24, 2.45) is 0 Å². The fourth-order valence-electron chi connectivity index (χ4n) is 2.80. The Morgan fingerprint density at radius 3 is 1.17 bits per heavy atom. The van der Waals surface area contributed by atoms with Gasteiger partial charge in [-0.2, -0.15) is 0 Å². The average Bonchev–Trinajstić information content (AvgIpc) is 2.62. The third-order valence-corrected chi connectivity index (χ3v) is 4.51. The SMILES string of the molecule is Fc1ccc(-c2c(CCl)ccc(CCl)c2-c2ccc(F)cc2)cc1. The predicted octanol–water partition coefficient (Wildman–Crippen LogP) is 6.78. The minimum Gasteiger partial charge on any atom is -0.207 e. The van der Waals surface area contributed by atoms with Gasteiger partial charge < -0.3 is 0 Å². The molecule has 0 aliphatic heterocycles. The molecule has 4 heteroatoms. The molecular formula is C20H14Cl2F2. The molecule has 0 heterocycles. The summed E-state index contributed by atoms with van der Waals surface area (Å²) >= 11 is 12.3. The quantitative estimate of drug-likeness (QED) is 0.449. The van der Waals surface area contributed by atoms with Crippen LogP contribution in [0.5, 0.6) is 0 Å². The molecule has 0 aromatic heterocycles. The first-order valence-corrected chi connectivity index (χ1v) is 8.49. The van der Waals surface area contributed by atoms with E-state index in [4.69, 9.17) is 23.2 Å². The second-order valence-corrected chi connectivity index (χ2v) is 5.95. The highest BCUT2D eigenvalue weighted by molar-refractivity contribution is 6.18. The van der Waals surface area contributed by atoms with Crippen LogP contribution in [0, 0.1) is 11.6 Å². The van der Waals surface area contributed by atoms with Crippen molar-refractivity contribution in [2.45, 2.75) is 11.8 Å². The van der Waals surface area contributed by atoms with E-state index in [1.807, 2.05) is 12.1 Å². The van der Waals surface area contributed by atoms with Gasteiger partial charge in [-0.05, 0) is 57.6 Å². The van der Waals surface area contributed by atoms with Gasteiger partial charge in [-0.15, -0.1) is 23.2 Å². The van der Waals surface area contributed by atoms with E-state index in [0.29, 0.717) is 11.8 Å². The molecule has 122 valence electrons. The van der Waals surface area contributed by atoms with Gasteiger partial charge >= 0.3 is 0 Å². The molecule has 3 rings (SSSR count). The Hall–Kier alpha value is -1.90. The maximum absolute atomic E-state index is 13.3. The molecular weight excluding hydrogens is 349 g/mol. The third-order valence-electron chi connectivity index (χ3n) is 3.93. The van der Waals surface area contributed by atoms with Gasteiger partial charge in [0, 0.05) is 11.8 Å². The Labute approximate surface area is 149 Å². The van der Waals surface area contributed by atoms with Crippen molar-refractivity contribution in [1.82, 2.24) is 0 Å². The third kappa shape index (κ3) is 3.31. The zero-order valence-corrected chi connectivity index (χ0v) is 14.2. The van der Waals surface area contributed by atoms with Crippen LogP contribution in [0.3, 0.4) is 0 Å². The van der Waals surface area contributed by atoms with Gasteiger partial charge in [-0.3, -0.25) is 0 Å². The maximum atomic E-state index is 13.3. The highest BCUT2D eigenvalue weighted by Crippen LogP contribution is 2.39. The Morgan fingerprint density at radius 1 is 0.542 bits per heavy atom. The lowest BCUT2D eigenvalue weighted by Gasteiger charge is -2.18. The Bertz CT molecular complexity index is 768. The Balaban J connectivity index is 2.32. The Morgan fingerprint density at radius 2 is 0.875 bits per heavy atom. The van der Waals surface area contributed by atoms with Gasteiger partial charge in [0.2, 0.25) is 0 Å². The standard InChI is InChI=1S/C20H14Cl2F2/c21-11-15-1-2-16(12-22)20(14-5-9-18(24)10-6-14)19(15)13-3-7-17(23)8-4-13/h1-10H,11-12H2. The lowest BCUT2D eigenvalue weighted by Crippen LogP contribution is -1.96. The molecule has 0 aliphatic rings. The normalized spacial score (nSPS) is 10.8. The van der Waals surface area contributed by atoms with Crippen LogP contribution in [0.25, 0.3) is 22.3 Å². The largest absolute Gasteiger partial charge is 0.207 e. The van der Waals surface area contributed by atoms with E-state index in [2.05, 4.69) is 0 Å². The van der Waals surface area contributed by atoms with Crippen LogP contribution in [-0.2, 0) is 11.8 Å². The minimum absolute atomic E-state index is 0.303. The molecule has 0 unspecified atom stereocenters. The number of hydrogen-bond acceptors (Lipinski definition) is 0. The smallest absolute Gasteiger partial charge is 0.123 e. The predicted molar refractivity (Wildman–Crippen MR) is 96.3 cm³/mol. The number of rotatable bonds is 4. The summed E-state index contributed by atoms with van der Waals surface area (Å²) in [4.78, 5) is 0. The van der Waals surface area contributed by atoms with Gasteiger partial charge in [-0.25, -0.2) is 8.78 Å². The van der Waals surface area contributed by atoms with Crippen LogP contribution in [0.2, 0.25) is 0 Å². The Kier molecular flexibility index (Phi) is 5.17. The van der Waals surface area contributed by atoms with Crippen LogP contribution in [-0.4, -0.2) is 0 Å². The van der Waals surface area contributed by atoms with Crippen molar-refractivity contribution in [2.75, 3.05) is 0 Å². The minimum atomic E-state index is -0.303. The summed E-state index contributed by atoms with van der Waals surface area (Å²) < 4.78 is 26.6. The van der Waals surface area contributed by atoms with E-state index in [1.54, 1.807) is 24.3 Å². The molecule has 0 radical (unpaired) electrons. The van der Waals surface area contributed by atoms with Gasteiger partial charge in [0.15, 0.2) is 0 Å². The van der Waals surface area contributed by atoms with Crippen molar-refractivity contribution < 1.29 is 8.78 Å². The van der Waals surface area contributed by atoms with Crippen molar-refractivity contribution in [3.63, 3.8) is 0 Å². The summed E-state index contributed by atoms with van der Waals surface area (Å²) in [5, 5.41) is 0. The molecule has 0 atom stereocenters. The molecule has 3 aromatic rings. The van der Waals surface area contributed by atoms with Crippen molar-refractivity contribution in [3.05, 3.63) is 83.4 Å². The van der Waals surface area contributed by atoms with Crippen LogP contribution in [0.1, 0.15) is 11.1 Å². The molecule has 3 aromatic carbocycles. The number of alkyl halides is 2. The molecule has 0 N–H and O–H groups in total. The topological polar surface area (TPSA) is 0 Å². The second-order valence-electron chi connectivity index (χ2n) is 5.41. The lowest BCUT2D eigenvalue weighted by atomic mass is 9.88. The highest BCUT2D eigenvalue weighted by atomic mass is 35.5. The van der Waals surface area contributed by atoms with E-state index in [9.17, 15) is 8.78 Å². The summed E-state index contributed by atoms with van der Waals surface area (Å²) in [5.74, 6) is 0.0124. The van der Waals surface area contributed by atoms with Gasteiger partial charge in [-0.1, -0.05) is 36.4 Å². The molecule has 0 fully saturated rings. The van der Waals surface area contributed by atoms with Gasteiger partial charge in [0.05, 0.1) is 0 Å². The summed E-state index contributed by atoms with van der Waals surface area (Å²) in [6.45, 7) is 0. The number of halogens is 4. The molecule has 24 heavy (non-hydrogen) atoms. The molecule has 0 aliphatic carbocycles. The van der Waals surface area contributed by atoms with Gasteiger partial charge in [0.25, 0.3) is 0 Å². The molecule has 0 amide bonds. The fourth-order valence-corrected chi connectivity index (χ4v) is 3.25. The summed E-state index contributed by atoms with van der Waals surface area (Å²) in [5.41, 5.74) is 5.31.